The molecule has 1 aliphatic rings. The summed E-state index contributed by atoms with van der Waals surface area (Å²) >= 11 is 0. The van der Waals surface area contributed by atoms with Gasteiger partial charge in [-0.1, -0.05) is 0 Å². The van der Waals surface area contributed by atoms with Gasteiger partial charge < -0.3 is 9.88 Å². The zero-order valence-electron chi connectivity index (χ0n) is 8.64. The van der Waals surface area contributed by atoms with E-state index in [-0.39, 0.29) is 5.56 Å². The molecule has 15 heavy (non-hydrogen) atoms. The van der Waals surface area contributed by atoms with Gasteiger partial charge in [0.25, 0.3) is 5.56 Å². The van der Waals surface area contributed by atoms with E-state index in [1.807, 2.05) is 0 Å². The SMILES string of the molecule is O=c1[nH]cc(C[NH+]2CCCCC2)c(=O)[nH]1. The molecule has 1 saturated heterocycles. The third-order valence-electron chi connectivity index (χ3n) is 2.90. The normalized spacial score (nSPS) is 17.9. The molecule has 0 atom stereocenters. The van der Waals surface area contributed by atoms with Crippen molar-refractivity contribution in [2.75, 3.05) is 13.1 Å². The number of piperidine rings is 1. The first-order chi connectivity index (χ1) is 7.25. The van der Waals surface area contributed by atoms with Crippen LogP contribution >= 0.6 is 0 Å². The van der Waals surface area contributed by atoms with Gasteiger partial charge >= 0.3 is 5.69 Å². The van der Waals surface area contributed by atoms with Crippen molar-refractivity contribution in [3.8, 4) is 0 Å². The maximum Gasteiger partial charge on any atom is 0.325 e. The molecule has 0 bridgehead atoms. The number of hydrogen-bond acceptors (Lipinski definition) is 2. The second kappa shape index (κ2) is 4.44. The van der Waals surface area contributed by atoms with Gasteiger partial charge in [0.05, 0.1) is 18.7 Å². The summed E-state index contributed by atoms with van der Waals surface area (Å²) in [4.78, 5) is 28.4. The minimum Gasteiger partial charge on any atom is -0.331 e. The molecule has 0 saturated carbocycles. The van der Waals surface area contributed by atoms with Crippen molar-refractivity contribution in [2.45, 2.75) is 25.8 Å². The summed E-state index contributed by atoms with van der Waals surface area (Å²) in [6, 6.07) is 0. The fraction of sp³-hybridized carbons (Fsp3) is 0.600. The van der Waals surface area contributed by atoms with Gasteiger partial charge in [-0.3, -0.25) is 9.78 Å². The molecule has 2 rings (SSSR count). The van der Waals surface area contributed by atoms with Crippen molar-refractivity contribution in [3.05, 3.63) is 32.6 Å². The van der Waals surface area contributed by atoms with E-state index in [2.05, 4.69) is 9.97 Å². The number of hydrogen-bond donors (Lipinski definition) is 3. The van der Waals surface area contributed by atoms with Crippen LogP contribution in [-0.4, -0.2) is 23.1 Å². The number of quaternary nitrogens is 1. The molecule has 1 aromatic rings. The smallest absolute Gasteiger partial charge is 0.325 e. The van der Waals surface area contributed by atoms with Gasteiger partial charge in [-0.25, -0.2) is 4.79 Å². The van der Waals surface area contributed by atoms with Crippen molar-refractivity contribution < 1.29 is 4.90 Å². The van der Waals surface area contributed by atoms with Crippen molar-refractivity contribution in [3.63, 3.8) is 0 Å². The Hall–Kier alpha value is -1.36. The summed E-state index contributed by atoms with van der Waals surface area (Å²) in [5, 5.41) is 0. The van der Waals surface area contributed by atoms with E-state index in [0.717, 1.165) is 13.1 Å². The first kappa shape index (κ1) is 10.2. The number of aromatic nitrogens is 2. The lowest BCUT2D eigenvalue weighted by atomic mass is 10.1. The molecule has 3 N–H and O–H groups in total. The van der Waals surface area contributed by atoms with Gasteiger partial charge in [0.2, 0.25) is 0 Å². The highest BCUT2D eigenvalue weighted by molar-refractivity contribution is 5.00. The van der Waals surface area contributed by atoms with E-state index in [0.29, 0.717) is 12.1 Å². The minimum atomic E-state index is -0.433. The van der Waals surface area contributed by atoms with Crippen LogP contribution in [0, 0.1) is 0 Å². The number of rotatable bonds is 2. The third kappa shape index (κ3) is 2.56. The highest BCUT2D eigenvalue weighted by Gasteiger charge is 2.15. The Bertz CT molecular complexity index is 429. The molecule has 1 aliphatic heterocycles. The highest BCUT2D eigenvalue weighted by atomic mass is 16.2. The molecule has 0 aliphatic carbocycles. The molecule has 0 aromatic carbocycles. The lowest BCUT2D eigenvalue weighted by Gasteiger charge is -2.22. The Balaban J connectivity index is 2.09. The predicted molar refractivity (Wildman–Crippen MR) is 55.9 cm³/mol. The topological polar surface area (TPSA) is 70.2 Å². The monoisotopic (exact) mass is 210 g/mol. The van der Waals surface area contributed by atoms with Gasteiger partial charge in [-0.05, 0) is 19.3 Å². The Morgan fingerprint density at radius 2 is 1.93 bits per heavy atom. The molecule has 5 heteroatoms. The van der Waals surface area contributed by atoms with Crippen LogP contribution in [-0.2, 0) is 6.54 Å². The Kier molecular flexibility index (Phi) is 3.01. The third-order valence-corrected chi connectivity index (χ3v) is 2.90. The average molecular weight is 210 g/mol. The standard InChI is InChI=1S/C10H15N3O2/c14-9-8(6-11-10(15)12-9)7-13-4-2-1-3-5-13/h6H,1-5,7H2,(H2,11,12,14,15)/p+1. The van der Waals surface area contributed by atoms with Gasteiger partial charge in [0.15, 0.2) is 0 Å². The Morgan fingerprint density at radius 1 is 1.20 bits per heavy atom. The zero-order valence-corrected chi connectivity index (χ0v) is 8.64. The first-order valence-electron chi connectivity index (χ1n) is 5.40. The summed E-state index contributed by atoms with van der Waals surface area (Å²) in [6.07, 6.45) is 5.29. The lowest BCUT2D eigenvalue weighted by molar-refractivity contribution is -0.918. The van der Waals surface area contributed by atoms with Crippen LogP contribution in [0.5, 0.6) is 0 Å². The summed E-state index contributed by atoms with van der Waals surface area (Å²) in [5.74, 6) is 0. The number of H-pyrrole nitrogens is 2. The quantitative estimate of drug-likeness (QED) is 0.564. The maximum atomic E-state index is 11.4. The second-order valence-electron chi connectivity index (χ2n) is 4.08. The van der Waals surface area contributed by atoms with Gasteiger partial charge in [0, 0.05) is 6.20 Å². The Morgan fingerprint density at radius 3 is 2.60 bits per heavy atom. The van der Waals surface area contributed by atoms with Crippen LogP contribution in [0.25, 0.3) is 0 Å². The lowest BCUT2D eigenvalue weighted by Crippen LogP contribution is -3.11. The van der Waals surface area contributed by atoms with E-state index < -0.39 is 5.69 Å². The van der Waals surface area contributed by atoms with E-state index in [9.17, 15) is 9.59 Å². The van der Waals surface area contributed by atoms with Crippen LogP contribution in [0.3, 0.4) is 0 Å². The first-order valence-corrected chi connectivity index (χ1v) is 5.40. The van der Waals surface area contributed by atoms with Crippen molar-refractivity contribution in [1.29, 1.82) is 0 Å². The van der Waals surface area contributed by atoms with E-state index in [4.69, 9.17) is 0 Å². The molecule has 1 aromatic heterocycles. The van der Waals surface area contributed by atoms with E-state index >= 15 is 0 Å². The molecular weight excluding hydrogens is 194 g/mol. The number of likely N-dealkylation sites (tertiary alicyclic amines) is 1. The molecule has 0 spiro atoms. The van der Waals surface area contributed by atoms with Crippen LogP contribution in [0.4, 0.5) is 0 Å². The van der Waals surface area contributed by atoms with Gasteiger partial charge in [0.1, 0.15) is 6.54 Å². The van der Waals surface area contributed by atoms with Crippen LogP contribution in [0.1, 0.15) is 24.8 Å². The zero-order chi connectivity index (χ0) is 10.7. The molecule has 0 radical (unpaired) electrons. The van der Waals surface area contributed by atoms with Crippen LogP contribution < -0.4 is 16.1 Å². The molecule has 0 unspecified atom stereocenters. The summed E-state index contributed by atoms with van der Waals surface area (Å²) in [5.41, 5.74) is -0.0132. The van der Waals surface area contributed by atoms with Crippen LogP contribution in [0.2, 0.25) is 0 Å². The molecule has 2 heterocycles. The Labute approximate surface area is 87.1 Å². The molecule has 0 amide bonds. The van der Waals surface area contributed by atoms with Crippen molar-refractivity contribution in [1.82, 2.24) is 9.97 Å². The molecule has 1 fully saturated rings. The maximum absolute atomic E-state index is 11.4. The average Bonchev–Trinajstić information content (AvgIpc) is 2.24. The van der Waals surface area contributed by atoms with Gasteiger partial charge in [-0.15, -0.1) is 0 Å². The van der Waals surface area contributed by atoms with Gasteiger partial charge in [-0.2, -0.15) is 0 Å². The van der Waals surface area contributed by atoms with Crippen LogP contribution in [0.15, 0.2) is 15.8 Å². The second-order valence-corrected chi connectivity index (χ2v) is 4.08. The number of aromatic amines is 2. The fourth-order valence-corrected chi connectivity index (χ4v) is 2.07. The van der Waals surface area contributed by atoms with Crippen molar-refractivity contribution >= 4 is 0 Å². The molecule has 82 valence electrons. The largest absolute Gasteiger partial charge is 0.331 e. The number of nitrogens with one attached hydrogen (secondary N) is 3. The van der Waals surface area contributed by atoms with Crippen molar-refractivity contribution in [2.24, 2.45) is 0 Å². The predicted octanol–water partition coefficient (Wildman–Crippen LogP) is -1.37. The summed E-state index contributed by atoms with van der Waals surface area (Å²) < 4.78 is 0. The summed E-state index contributed by atoms with van der Waals surface area (Å²) in [6.45, 7) is 2.96. The van der Waals surface area contributed by atoms with E-state index in [1.54, 1.807) is 0 Å². The molecular formula is C10H16N3O2+. The highest BCUT2D eigenvalue weighted by Crippen LogP contribution is 1.95. The summed E-state index contributed by atoms with van der Waals surface area (Å²) in [7, 11) is 0. The minimum absolute atomic E-state index is 0.253. The van der Waals surface area contributed by atoms with E-state index in [1.165, 1.54) is 30.4 Å². The fourth-order valence-electron chi connectivity index (χ4n) is 2.07. The molecule has 5 nitrogen and oxygen atoms in total.